The number of aliphatic hydroxyl groups excluding tert-OH is 2. The van der Waals surface area contributed by atoms with Crippen molar-refractivity contribution in [3.63, 3.8) is 0 Å². The predicted molar refractivity (Wildman–Crippen MR) is 62.3 cm³/mol. The molecule has 0 saturated carbocycles. The molecule has 0 amide bonds. The summed E-state index contributed by atoms with van der Waals surface area (Å²) in [5.41, 5.74) is -0.472. The van der Waals surface area contributed by atoms with Gasteiger partial charge in [0.25, 0.3) is 5.56 Å². The van der Waals surface area contributed by atoms with Crippen LogP contribution in [0, 0.1) is 0 Å². The molecule has 0 radical (unpaired) electrons. The summed E-state index contributed by atoms with van der Waals surface area (Å²) in [6, 6.07) is 1.34. The number of hydrogen-bond acceptors (Lipinski definition) is 5. The summed E-state index contributed by atoms with van der Waals surface area (Å²) in [4.78, 5) is 25.2. The van der Waals surface area contributed by atoms with Crippen molar-refractivity contribution in [2.24, 2.45) is 0 Å². The third-order valence-electron chi connectivity index (χ3n) is 3.09. The minimum atomic E-state index is -0.816. The van der Waals surface area contributed by atoms with Gasteiger partial charge >= 0.3 is 5.69 Å². The maximum Gasteiger partial charge on any atom is 0.330 e. The molecule has 1 saturated heterocycles. The molecule has 0 aromatic carbocycles. The van der Waals surface area contributed by atoms with Gasteiger partial charge < -0.3 is 14.9 Å². The minimum Gasteiger partial charge on any atom is -0.394 e. The number of H-pyrrole nitrogens is 1. The molecule has 0 aliphatic carbocycles. The van der Waals surface area contributed by atoms with E-state index in [1.165, 1.54) is 10.6 Å². The Morgan fingerprint density at radius 3 is 2.83 bits per heavy atom. The highest BCUT2D eigenvalue weighted by atomic mass is 16.5. The number of aromatic amines is 1. The lowest BCUT2D eigenvalue weighted by molar-refractivity contribution is -0.0467. The summed E-state index contributed by atoms with van der Waals surface area (Å²) in [6.07, 6.45) is -1.46. The standard InChI is InChI=1S/C11H16N2O5/c1-2-6-3-9(16)12-11(17)13(6)10-4-7(15)8(5-14)18-10/h3,7-8,10,14-15H,2,4-5H2,1H3,(H,12,16,17)/t7-,8+,10+/m0/s1. The Hall–Kier alpha value is -1.44. The van der Waals surface area contributed by atoms with Gasteiger partial charge in [-0.05, 0) is 6.42 Å². The minimum absolute atomic E-state index is 0.212. The van der Waals surface area contributed by atoms with Crippen LogP contribution < -0.4 is 11.2 Å². The maximum absolute atomic E-state index is 11.8. The topological polar surface area (TPSA) is 105 Å². The van der Waals surface area contributed by atoms with Crippen LogP contribution in [0.5, 0.6) is 0 Å². The maximum atomic E-state index is 11.8. The first-order valence-electron chi connectivity index (χ1n) is 5.86. The van der Waals surface area contributed by atoms with Crippen molar-refractivity contribution < 1.29 is 14.9 Å². The molecule has 1 aliphatic rings. The smallest absolute Gasteiger partial charge is 0.330 e. The number of aryl methyl sites for hydroxylation is 1. The number of nitrogens with zero attached hydrogens (tertiary/aromatic N) is 1. The number of ether oxygens (including phenoxy) is 1. The second kappa shape index (κ2) is 5.05. The van der Waals surface area contributed by atoms with E-state index in [-0.39, 0.29) is 13.0 Å². The summed E-state index contributed by atoms with van der Waals surface area (Å²) >= 11 is 0. The molecule has 18 heavy (non-hydrogen) atoms. The number of rotatable bonds is 3. The van der Waals surface area contributed by atoms with Gasteiger partial charge in [-0.3, -0.25) is 14.3 Å². The van der Waals surface area contributed by atoms with Crippen LogP contribution in [0.4, 0.5) is 0 Å². The van der Waals surface area contributed by atoms with Crippen LogP contribution in [0.25, 0.3) is 0 Å². The van der Waals surface area contributed by atoms with E-state index in [2.05, 4.69) is 4.98 Å². The third-order valence-corrected chi connectivity index (χ3v) is 3.09. The number of aliphatic hydroxyl groups is 2. The molecule has 0 unspecified atom stereocenters. The van der Waals surface area contributed by atoms with Crippen molar-refractivity contribution >= 4 is 0 Å². The fourth-order valence-corrected chi connectivity index (χ4v) is 2.18. The molecule has 1 aromatic rings. The molecule has 1 fully saturated rings. The van der Waals surface area contributed by atoms with Gasteiger partial charge in [-0.15, -0.1) is 0 Å². The van der Waals surface area contributed by atoms with E-state index in [9.17, 15) is 14.7 Å². The van der Waals surface area contributed by atoms with E-state index >= 15 is 0 Å². The Morgan fingerprint density at radius 2 is 2.28 bits per heavy atom. The average molecular weight is 256 g/mol. The SMILES string of the molecule is CCc1cc(=O)[nH]c(=O)n1[C@H]1C[C@H](O)[C@@H](CO)O1. The molecule has 2 rings (SSSR count). The van der Waals surface area contributed by atoms with E-state index in [1.54, 1.807) is 0 Å². The quantitative estimate of drug-likeness (QED) is 0.626. The van der Waals surface area contributed by atoms with Crippen LogP contribution in [0.15, 0.2) is 15.7 Å². The zero-order valence-corrected chi connectivity index (χ0v) is 10.00. The number of aromatic nitrogens is 2. The molecule has 3 atom stereocenters. The zero-order valence-electron chi connectivity index (χ0n) is 10.00. The van der Waals surface area contributed by atoms with Gasteiger partial charge in [0.05, 0.1) is 12.7 Å². The predicted octanol–water partition coefficient (Wildman–Crippen LogP) is -1.26. The molecule has 1 aromatic heterocycles. The summed E-state index contributed by atoms with van der Waals surface area (Å²) in [7, 11) is 0. The van der Waals surface area contributed by atoms with Crippen molar-refractivity contribution in [3.05, 3.63) is 32.6 Å². The van der Waals surface area contributed by atoms with Crippen molar-refractivity contribution in [3.8, 4) is 0 Å². The summed E-state index contributed by atoms with van der Waals surface area (Å²) in [6.45, 7) is 1.51. The molecular formula is C11H16N2O5. The van der Waals surface area contributed by atoms with Gasteiger partial charge in [0.2, 0.25) is 0 Å². The first-order chi connectivity index (χ1) is 8.56. The molecule has 3 N–H and O–H groups in total. The van der Waals surface area contributed by atoms with Crippen LogP contribution >= 0.6 is 0 Å². The Balaban J connectivity index is 2.40. The summed E-state index contributed by atoms with van der Waals surface area (Å²) < 4.78 is 6.73. The molecular weight excluding hydrogens is 240 g/mol. The first kappa shape index (κ1) is 13.0. The van der Waals surface area contributed by atoms with E-state index < -0.39 is 29.7 Å². The molecule has 1 aliphatic heterocycles. The van der Waals surface area contributed by atoms with Gasteiger partial charge in [-0.25, -0.2) is 4.79 Å². The van der Waals surface area contributed by atoms with Crippen LogP contribution in [0.3, 0.4) is 0 Å². The Labute approximate surface area is 103 Å². The van der Waals surface area contributed by atoms with Crippen molar-refractivity contribution in [2.75, 3.05) is 6.61 Å². The molecule has 100 valence electrons. The second-order valence-corrected chi connectivity index (χ2v) is 4.27. The number of hydrogen-bond donors (Lipinski definition) is 3. The van der Waals surface area contributed by atoms with Crippen LogP contribution in [0.2, 0.25) is 0 Å². The fraction of sp³-hybridized carbons (Fsp3) is 0.636. The summed E-state index contributed by atoms with van der Waals surface area (Å²) in [5.74, 6) is 0. The van der Waals surface area contributed by atoms with E-state index in [0.29, 0.717) is 12.1 Å². The Kier molecular flexibility index (Phi) is 3.65. The van der Waals surface area contributed by atoms with Gasteiger partial charge in [-0.2, -0.15) is 0 Å². The van der Waals surface area contributed by atoms with Crippen LogP contribution in [0.1, 0.15) is 25.3 Å². The molecule has 0 bridgehead atoms. The fourth-order valence-electron chi connectivity index (χ4n) is 2.18. The largest absolute Gasteiger partial charge is 0.394 e. The van der Waals surface area contributed by atoms with E-state index in [1.807, 2.05) is 6.92 Å². The van der Waals surface area contributed by atoms with Crippen molar-refractivity contribution in [1.29, 1.82) is 0 Å². The highest BCUT2D eigenvalue weighted by molar-refractivity contribution is 5.03. The first-order valence-corrected chi connectivity index (χ1v) is 5.86. The molecule has 0 spiro atoms. The van der Waals surface area contributed by atoms with Crippen molar-refractivity contribution in [1.82, 2.24) is 9.55 Å². The third kappa shape index (κ3) is 2.24. The lowest BCUT2D eigenvalue weighted by Crippen LogP contribution is -2.35. The van der Waals surface area contributed by atoms with Gasteiger partial charge in [0.1, 0.15) is 12.3 Å². The van der Waals surface area contributed by atoms with E-state index in [4.69, 9.17) is 9.84 Å². The lowest BCUT2D eigenvalue weighted by atomic mass is 10.2. The van der Waals surface area contributed by atoms with Gasteiger partial charge in [-0.1, -0.05) is 6.92 Å². The zero-order chi connectivity index (χ0) is 13.3. The van der Waals surface area contributed by atoms with E-state index in [0.717, 1.165) is 0 Å². The van der Waals surface area contributed by atoms with Crippen molar-refractivity contribution in [2.45, 2.75) is 38.2 Å². The second-order valence-electron chi connectivity index (χ2n) is 4.27. The van der Waals surface area contributed by atoms with Gasteiger partial charge in [0.15, 0.2) is 0 Å². The lowest BCUT2D eigenvalue weighted by Gasteiger charge is -2.17. The Bertz CT molecular complexity index is 535. The Morgan fingerprint density at radius 1 is 1.56 bits per heavy atom. The molecule has 7 heteroatoms. The van der Waals surface area contributed by atoms with Crippen LogP contribution in [-0.4, -0.2) is 38.6 Å². The normalized spacial score (nSPS) is 27.6. The highest BCUT2D eigenvalue weighted by Crippen LogP contribution is 2.28. The molecule has 7 nitrogen and oxygen atoms in total. The highest BCUT2D eigenvalue weighted by Gasteiger charge is 2.35. The monoisotopic (exact) mass is 256 g/mol. The molecule has 2 heterocycles. The van der Waals surface area contributed by atoms with Gasteiger partial charge in [0, 0.05) is 18.2 Å². The summed E-state index contributed by atoms with van der Waals surface area (Å²) in [5, 5.41) is 18.7. The number of nitrogens with one attached hydrogen (secondary N) is 1. The average Bonchev–Trinajstić information content (AvgIpc) is 2.68. The van der Waals surface area contributed by atoms with Crippen LogP contribution in [-0.2, 0) is 11.2 Å².